The number of sulfonamides is 1. The maximum atomic E-state index is 12.8. The van der Waals surface area contributed by atoms with Crippen LogP contribution in [-0.2, 0) is 19.6 Å². The van der Waals surface area contributed by atoms with E-state index in [-0.39, 0.29) is 23.8 Å². The fraction of sp³-hybridized carbons (Fsp3) is 0.500. The topological polar surface area (TPSA) is 83.9 Å². The molecule has 1 N–H and O–H groups in total. The molecule has 0 amide bonds. The van der Waals surface area contributed by atoms with E-state index < -0.39 is 33.5 Å². The van der Waals surface area contributed by atoms with Crippen molar-refractivity contribution in [2.45, 2.75) is 35.8 Å². The Morgan fingerprint density at radius 3 is 2.52 bits per heavy atom. The number of carboxylic acid groups (broad SMARTS) is 1. The summed E-state index contributed by atoms with van der Waals surface area (Å²) in [6.07, 6.45) is -3.16. The van der Waals surface area contributed by atoms with Crippen LogP contribution in [0, 0.1) is 0 Å². The van der Waals surface area contributed by atoms with Gasteiger partial charge >= 0.3 is 5.97 Å². The molecule has 6 nitrogen and oxygen atoms in total. The van der Waals surface area contributed by atoms with Gasteiger partial charge in [-0.1, -0.05) is 12.1 Å². The Kier molecular flexibility index (Phi) is 4.74. The third kappa shape index (κ3) is 2.96. The van der Waals surface area contributed by atoms with E-state index in [2.05, 4.69) is 0 Å². The molecule has 1 aromatic carbocycles. The van der Waals surface area contributed by atoms with Crippen LogP contribution in [0.2, 0.25) is 0 Å². The normalized spacial score (nSPS) is 24.7. The summed E-state index contributed by atoms with van der Waals surface area (Å²) in [6.45, 7) is 0. The van der Waals surface area contributed by atoms with E-state index in [4.69, 9.17) is 4.74 Å². The highest BCUT2D eigenvalue weighted by atomic mass is 32.2. The van der Waals surface area contributed by atoms with Gasteiger partial charge in [-0.05, 0) is 12.1 Å². The van der Waals surface area contributed by atoms with Crippen LogP contribution in [0.4, 0.5) is 8.78 Å². The van der Waals surface area contributed by atoms with Gasteiger partial charge in [0.15, 0.2) is 0 Å². The number of ether oxygens (including phenoxy) is 1. The zero-order valence-electron chi connectivity index (χ0n) is 12.6. The molecule has 1 aromatic rings. The summed E-state index contributed by atoms with van der Waals surface area (Å²) < 4.78 is 56.5. The number of nitrogens with zero attached hydrogens (tertiary/aromatic N) is 1. The zero-order valence-corrected chi connectivity index (χ0v) is 13.4. The highest BCUT2D eigenvalue weighted by Crippen LogP contribution is 2.42. The van der Waals surface area contributed by atoms with Crippen LogP contribution in [0.5, 0.6) is 0 Å². The molecule has 0 aromatic heterocycles. The second kappa shape index (κ2) is 6.14. The number of aliphatic carboxylic acids is 1. The average molecular weight is 349 g/mol. The molecule has 0 heterocycles. The number of rotatable bonds is 6. The van der Waals surface area contributed by atoms with E-state index in [1.54, 1.807) is 0 Å². The molecule has 23 heavy (non-hydrogen) atoms. The molecule has 0 atom stereocenters. The fourth-order valence-electron chi connectivity index (χ4n) is 2.63. The van der Waals surface area contributed by atoms with Crippen molar-refractivity contribution in [1.29, 1.82) is 0 Å². The van der Waals surface area contributed by atoms with Gasteiger partial charge in [0.05, 0.1) is 11.0 Å². The highest BCUT2D eigenvalue weighted by molar-refractivity contribution is 7.89. The summed E-state index contributed by atoms with van der Waals surface area (Å²) in [5.74, 6) is -1.29. The maximum absolute atomic E-state index is 12.8. The van der Waals surface area contributed by atoms with E-state index in [0.717, 1.165) is 23.5 Å². The smallest absolute Gasteiger partial charge is 0.325 e. The third-order valence-corrected chi connectivity index (χ3v) is 6.15. The van der Waals surface area contributed by atoms with Gasteiger partial charge in [0.2, 0.25) is 10.0 Å². The van der Waals surface area contributed by atoms with E-state index in [9.17, 15) is 27.1 Å². The molecule has 0 spiro atoms. The molecule has 0 saturated heterocycles. The average Bonchev–Trinajstić information content (AvgIpc) is 2.46. The molecular formula is C14H17F2NO5S. The molecule has 1 aliphatic carbocycles. The summed E-state index contributed by atoms with van der Waals surface area (Å²) in [5, 5.41) is 9.44. The molecule has 0 bridgehead atoms. The van der Waals surface area contributed by atoms with E-state index in [1.165, 1.54) is 19.2 Å². The predicted molar refractivity (Wildman–Crippen MR) is 76.7 cm³/mol. The van der Waals surface area contributed by atoms with Crippen molar-refractivity contribution in [2.24, 2.45) is 0 Å². The van der Waals surface area contributed by atoms with Gasteiger partial charge in [0.1, 0.15) is 5.54 Å². The van der Waals surface area contributed by atoms with Crippen molar-refractivity contribution >= 4 is 16.0 Å². The lowest BCUT2D eigenvalue weighted by atomic mass is 9.74. The predicted octanol–water partition coefficient (Wildman–Crippen LogP) is 1.88. The van der Waals surface area contributed by atoms with E-state index >= 15 is 0 Å². The van der Waals surface area contributed by atoms with Gasteiger partial charge in [-0.2, -0.15) is 4.31 Å². The number of carbonyl (C=O) groups is 1. The van der Waals surface area contributed by atoms with Crippen LogP contribution in [0.1, 0.15) is 24.8 Å². The third-order valence-electron chi connectivity index (χ3n) is 4.23. The number of likely N-dealkylation sites (N-methyl/N-ethyl adjacent to an activating group) is 1. The second-order valence-corrected chi connectivity index (χ2v) is 7.42. The van der Waals surface area contributed by atoms with Crippen molar-refractivity contribution in [3.63, 3.8) is 0 Å². The summed E-state index contributed by atoms with van der Waals surface area (Å²) in [6, 6.07) is 4.34. The number of methoxy groups -OCH3 is 1. The quantitative estimate of drug-likeness (QED) is 0.848. The molecule has 0 radical (unpaired) electrons. The van der Waals surface area contributed by atoms with Crippen molar-refractivity contribution in [3.05, 3.63) is 29.8 Å². The Hall–Kier alpha value is -1.58. The zero-order chi connectivity index (χ0) is 17.4. The second-order valence-electron chi connectivity index (χ2n) is 5.45. The van der Waals surface area contributed by atoms with Crippen molar-refractivity contribution in [3.8, 4) is 0 Å². The number of carboxylic acids is 1. The van der Waals surface area contributed by atoms with Crippen LogP contribution in [0.3, 0.4) is 0 Å². The van der Waals surface area contributed by atoms with Crippen LogP contribution in [0.25, 0.3) is 0 Å². The van der Waals surface area contributed by atoms with Crippen LogP contribution in [-0.4, -0.2) is 49.6 Å². The molecule has 0 aliphatic heterocycles. The Labute approximate surface area is 132 Å². The first-order valence-electron chi connectivity index (χ1n) is 6.78. The van der Waals surface area contributed by atoms with Gasteiger partial charge in [-0.3, -0.25) is 4.79 Å². The Morgan fingerprint density at radius 1 is 1.43 bits per heavy atom. The SMILES string of the molecule is COC1CC(C(=O)O)(N(C)S(=O)(=O)c2cccc(C(F)F)c2)C1. The molecule has 1 saturated carbocycles. The van der Waals surface area contributed by atoms with Crippen molar-refractivity contribution in [1.82, 2.24) is 4.31 Å². The van der Waals surface area contributed by atoms with E-state index in [0.29, 0.717) is 0 Å². The van der Waals surface area contributed by atoms with Crippen molar-refractivity contribution < 1.29 is 31.8 Å². The summed E-state index contributed by atoms with van der Waals surface area (Å²) >= 11 is 0. The minimum absolute atomic E-state index is 0.00308. The molecular weight excluding hydrogens is 332 g/mol. The van der Waals surface area contributed by atoms with Gasteiger partial charge in [-0.15, -0.1) is 0 Å². The first-order chi connectivity index (χ1) is 10.6. The lowest BCUT2D eigenvalue weighted by Gasteiger charge is -2.48. The molecule has 1 fully saturated rings. The number of halogens is 2. The number of hydrogen-bond donors (Lipinski definition) is 1. The standard InChI is InChI=1S/C14H17F2NO5S/c1-17(14(13(18)19)7-10(8-14)22-2)23(20,21)11-5-3-4-9(6-11)12(15)16/h3-6,10,12H,7-8H2,1-2H3,(H,18,19). The van der Waals surface area contributed by atoms with Crippen LogP contribution >= 0.6 is 0 Å². The first-order valence-corrected chi connectivity index (χ1v) is 8.22. The monoisotopic (exact) mass is 349 g/mol. The Balaban J connectivity index is 2.39. The number of benzene rings is 1. The maximum Gasteiger partial charge on any atom is 0.325 e. The Bertz CT molecular complexity index is 701. The van der Waals surface area contributed by atoms with Crippen LogP contribution in [0.15, 0.2) is 29.2 Å². The fourth-order valence-corrected chi connectivity index (χ4v) is 4.16. The summed E-state index contributed by atoms with van der Waals surface area (Å²) in [4.78, 5) is 11.2. The molecule has 2 rings (SSSR count). The lowest BCUT2D eigenvalue weighted by Crippen LogP contribution is -2.64. The van der Waals surface area contributed by atoms with E-state index in [1.807, 2.05) is 0 Å². The van der Waals surface area contributed by atoms with Gasteiger partial charge < -0.3 is 9.84 Å². The molecule has 0 unspecified atom stereocenters. The molecule has 9 heteroatoms. The van der Waals surface area contributed by atoms with Gasteiger partial charge in [0.25, 0.3) is 6.43 Å². The number of hydrogen-bond acceptors (Lipinski definition) is 4. The Morgan fingerprint density at radius 2 is 2.04 bits per heavy atom. The minimum atomic E-state index is -4.23. The van der Waals surface area contributed by atoms with Crippen LogP contribution < -0.4 is 0 Å². The number of alkyl halides is 2. The lowest BCUT2D eigenvalue weighted by molar-refractivity contribution is -0.162. The first kappa shape index (κ1) is 17.8. The van der Waals surface area contributed by atoms with Crippen molar-refractivity contribution in [2.75, 3.05) is 14.2 Å². The molecule has 128 valence electrons. The minimum Gasteiger partial charge on any atom is -0.480 e. The van der Waals surface area contributed by atoms with Gasteiger partial charge in [0, 0.05) is 32.6 Å². The van der Waals surface area contributed by atoms with Gasteiger partial charge in [-0.25, -0.2) is 17.2 Å². The summed E-state index contributed by atoms with van der Waals surface area (Å²) in [5.41, 5.74) is -2.06. The molecule has 1 aliphatic rings. The summed E-state index contributed by atoms with van der Waals surface area (Å²) in [7, 11) is -1.67. The largest absolute Gasteiger partial charge is 0.480 e. The highest BCUT2D eigenvalue weighted by Gasteiger charge is 2.57.